The van der Waals surface area contributed by atoms with E-state index in [0.717, 1.165) is 5.56 Å². The van der Waals surface area contributed by atoms with E-state index in [4.69, 9.17) is 18.9 Å². The molecule has 0 radical (unpaired) electrons. The summed E-state index contributed by atoms with van der Waals surface area (Å²) in [7, 11) is 1.58. The third kappa shape index (κ3) is 5.28. The van der Waals surface area contributed by atoms with Crippen molar-refractivity contribution in [2.24, 2.45) is 4.99 Å². The summed E-state index contributed by atoms with van der Waals surface area (Å²) in [4.78, 5) is 32.1. The zero-order chi connectivity index (χ0) is 27.2. The zero-order valence-electron chi connectivity index (χ0n) is 21.9. The molecule has 1 atom stereocenters. The minimum Gasteiger partial charge on any atom is -0.496 e. The Morgan fingerprint density at radius 3 is 2.61 bits per heavy atom. The number of hydrogen-bond donors (Lipinski definition) is 0. The molecule has 4 rings (SSSR count). The Hall–Kier alpha value is -4.11. The second-order valence-electron chi connectivity index (χ2n) is 8.28. The fourth-order valence-corrected chi connectivity index (χ4v) is 5.30. The van der Waals surface area contributed by atoms with Crippen molar-refractivity contribution in [3.05, 3.63) is 97.2 Å². The second-order valence-corrected chi connectivity index (χ2v) is 9.29. The summed E-state index contributed by atoms with van der Waals surface area (Å²) >= 11 is 1.25. The molecule has 0 aliphatic carbocycles. The number of benzene rings is 2. The fourth-order valence-electron chi connectivity index (χ4n) is 4.26. The van der Waals surface area contributed by atoms with Crippen LogP contribution in [0.2, 0.25) is 0 Å². The summed E-state index contributed by atoms with van der Waals surface area (Å²) in [6, 6.07) is 12.1. The Morgan fingerprint density at radius 2 is 1.89 bits per heavy atom. The van der Waals surface area contributed by atoms with Gasteiger partial charge in [-0.2, -0.15) is 0 Å². The van der Waals surface area contributed by atoms with Crippen molar-refractivity contribution in [2.75, 3.05) is 26.9 Å². The summed E-state index contributed by atoms with van der Waals surface area (Å²) in [6.07, 6.45) is 3.43. The van der Waals surface area contributed by atoms with Crippen LogP contribution in [0.1, 0.15) is 37.9 Å². The van der Waals surface area contributed by atoms with Gasteiger partial charge in [0.05, 0.1) is 42.2 Å². The number of nitrogens with zero attached hydrogens (tertiary/aromatic N) is 2. The highest BCUT2D eigenvalue weighted by atomic mass is 32.1. The van der Waals surface area contributed by atoms with Gasteiger partial charge in [-0.1, -0.05) is 48.3 Å². The first-order valence-corrected chi connectivity index (χ1v) is 13.1. The molecule has 9 heteroatoms. The normalized spacial score (nSPS) is 14.9. The Morgan fingerprint density at radius 1 is 1.11 bits per heavy atom. The molecule has 8 nitrogen and oxygen atoms in total. The Labute approximate surface area is 224 Å². The van der Waals surface area contributed by atoms with Gasteiger partial charge in [0.25, 0.3) is 5.56 Å². The van der Waals surface area contributed by atoms with Gasteiger partial charge in [-0.3, -0.25) is 9.36 Å². The smallest absolute Gasteiger partial charge is 0.338 e. The first kappa shape index (κ1) is 26.9. The molecule has 0 spiro atoms. The maximum Gasteiger partial charge on any atom is 0.338 e. The fraction of sp³-hybridized carbons (Fsp3) is 0.276. The van der Waals surface area contributed by atoms with Crippen LogP contribution in [0.5, 0.6) is 17.2 Å². The van der Waals surface area contributed by atoms with Crippen LogP contribution < -0.4 is 29.1 Å². The first-order valence-electron chi connectivity index (χ1n) is 12.3. The van der Waals surface area contributed by atoms with Crippen LogP contribution >= 0.6 is 11.3 Å². The molecule has 0 saturated heterocycles. The molecule has 1 aromatic heterocycles. The zero-order valence-corrected chi connectivity index (χ0v) is 22.7. The number of thiazole rings is 1. The number of carbonyl (C=O) groups excluding carboxylic acids is 1. The molecule has 2 aromatic carbocycles. The van der Waals surface area contributed by atoms with Crippen molar-refractivity contribution in [1.29, 1.82) is 0 Å². The van der Waals surface area contributed by atoms with E-state index < -0.39 is 12.0 Å². The standard InChI is InChI=1S/C29H30N2O6S/c1-6-15-37-22-14-13-20(16-23(22)35-7-2)26-25(28(33)36-8-3)18(4)30-29-31(26)27(32)24(38-29)17-19-11-9-10-12-21(19)34-5/h6,9-14,16-17,26H,1,7-8,15H2,2-5H3/b24-17-/t26-/m1/s1. The Bertz CT molecular complexity index is 1570. The van der Waals surface area contributed by atoms with Gasteiger partial charge in [0.2, 0.25) is 0 Å². The van der Waals surface area contributed by atoms with Gasteiger partial charge in [0, 0.05) is 5.56 Å². The summed E-state index contributed by atoms with van der Waals surface area (Å²) in [6.45, 7) is 9.98. The predicted molar refractivity (Wildman–Crippen MR) is 147 cm³/mol. The SMILES string of the molecule is C=CCOc1ccc([C@@H]2C(C(=O)OCC)=C(C)N=c3s/c(=C\c4ccccc4OC)c(=O)n32)cc1OCC. The molecule has 1 aliphatic rings. The predicted octanol–water partition coefficient (Wildman–Crippen LogP) is 3.77. The summed E-state index contributed by atoms with van der Waals surface area (Å²) in [5.41, 5.74) is 1.94. The lowest BCUT2D eigenvalue weighted by Crippen LogP contribution is -2.40. The number of allylic oxidation sites excluding steroid dienone is 1. The van der Waals surface area contributed by atoms with E-state index in [1.54, 1.807) is 49.8 Å². The molecule has 1 aliphatic heterocycles. The van der Waals surface area contributed by atoms with Gasteiger partial charge < -0.3 is 18.9 Å². The van der Waals surface area contributed by atoms with Gasteiger partial charge in [-0.25, -0.2) is 9.79 Å². The minimum absolute atomic E-state index is 0.194. The summed E-state index contributed by atoms with van der Waals surface area (Å²) in [5, 5.41) is 0. The molecule has 38 heavy (non-hydrogen) atoms. The van der Waals surface area contributed by atoms with Crippen molar-refractivity contribution < 1.29 is 23.7 Å². The molecule has 2 heterocycles. The lowest BCUT2D eigenvalue weighted by Gasteiger charge is -2.25. The maximum atomic E-state index is 13.9. The number of rotatable bonds is 10. The molecule has 0 bridgehead atoms. The van der Waals surface area contributed by atoms with E-state index in [9.17, 15) is 9.59 Å². The van der Waals surface area contributed by atoms with Crippen molar-refractivity contribution >= 4 is 23.4 Å². The largest absolute Gasteiger partial charge is 0.496 e. The van der Waals surface area contributed by atoms with E-state index in [1.165, 1.54) is 11.3 Å². The summed E-state index contributed by atoms with van der Waals surface area (Å²) < 4.78 is 24.4. The Kier molecular flexibility index (Phi) is 8.48. The number of esters is 1. The van der Waals surface area contributed by atoms with E-state index in [1.807, 2.05) is 37.3 Å². The molecule has 0 amide bonds. The van der Waals surface area contributed by atoms with Gasteiger partial charge in [0.15, 0.2) is 16.3 Å². The van der Waals surface area contributed by atoms with Crippen molar-refractivity contribution in [1.82, 2.24) is 4.57 Å². The third-order valence-corrected chi connectivity index (χ3v) is 6.87. The van der Waals surface area contributed by atoms with Gasteiger partial charge in [0.1, 0.15) is 12.4 Å². The van der Waals surface area contributed by atoms with Crippen molar-refractivity contribution in [3.8, 4) is 17.2 Å². The van der Waals surface area contributed by atoms with E-state index in [0.29, 0.717) is 56.6 Å². The van der Waals surface area contributed by atoms with Gasteiger partial charge in [-0.05, 0) is 50.6 Å². The van der Waals surface area contributed by atoms with E-state index in [-0.39, 0.29) is 12.2 Å². The van der Waals surface area contributed by atoms with Crippen LogP contribution in [0.4, 0.5) is 0 Å². The third-order valence-electron chi connectivity index (χ3n) is 5.88. The van der Waals surface area contributed by atoms with Crippen LogP contribution in [-0.4, -0.2) is 37.5 Å². The molecule has 0 saturated carbocycles. The number of fused-ring (bicyclic) bond motifs is 1. The highest BCUT2D eigenvalue weighted by molar-refractivity contribution is 7.07. The minimum atomic E-state index is -0.766. The lowest BCUT2D eigenvalue weighted by atomic mass is 9.95. The second kappa shape index (κ2) is 12.0. The molecular weight excluding hydrogens is 504 g/mol. The molecule has 0 fully saturated rings. The monoisotopic (exact) mass is 534 g/mol. The number of ether oxygens (including phenoxy) is 4. The van der Waals surface area contributed by atoms with Crippen LogP contribution in [-0.2, 0) is 9.53 Å². The summed E-state index contributed by atoms with van der Waals surface area (Å²) in [5.74, 6) is 1.16. The molecule has 0 N–H and O–H groups in total. The highest BCUT2D eigenvalue weighted by Crippen LogP contribution is 2.36. The maximum absolute atomic E-state index is 13.9. The molecular formula is C29H30N2O6S. The number of aromatic nitrogens is 1. The first-order chi connectivity index (χ1) is 18.4. The highest BCUT2D eigenvalue weighted by Gasteiger charge is 2.34. The van der Waals surface area contributed by atoms with Gasteiger partial charge >= 0.3 is 5.97 Å². The molecule has 0 unspecified atom stereocenters. The van der Waals surface area contributed by atoms with E-state index >= 15 is 0 Å². The average molecular weight is 535 g/mol. The van der Waals surface area contributed by atoms with Crippen LogP contribution in [0.15, 0.2) is 76.2 Å². The number of methoxy groups -OCH3 is 1. The van der Waals surface area contributed by atoms with Crippen molar-refractivity contribution in [2.45, 2.75) is 26.8 Å². The number of carbonyl (C=O) groups is 1. The van der Waals surface area contributed by atoms with Crippen LogP contribution in [0, 0.1) is 0 Å². The van der Waals surface area contributed by atoms with Crippen LogP contribution in [0.25, 0.3) is 6.08 Å². The van der Waals surface area contributed by atoms with Gasteiger partial charge in [-0.15, -0.1) is 0 Å². The number of para-hydroxylation sites is 1. The number of hydrogen-bond acceptors (Lipinski definition) is 8. The van der Waals surface area contributed by atoms with E-state index in [2.05, 4.69) is 11.6 Å². The lowest BCUT2D eigenvalue weighted by molar-refractivity contribution is -0.139. The topological polar surface area (TPSA) is 88.4 Å². The molecule has 3 aromatic rings. The van der Waals surface area contributed by atoms with Crippen molar-refractivity contribution in [3.63, 3.8) is 0 Å². The average Bonchev–Trinajstić information content (AvgIpc) is 3.21. The quantitative estimate of drug-likeness (QED) is 0.291. The van der Waals surface area contributed by atoms with Crippen LogP contribution in [0.3, 0.4) is 0 Å². The Balaban J connectivity index is 1.95. The molecule has 198 valence electrons.